The van der Waals surface area contributed by atoms with Crippen LogP contribution in [0.15, 0.2) is 24.5 Å². The standard InChI is InChI=1S/C14H24N2S/c1-4-13(15)14(17-9-7-11(2)3)12-6-5-8-16-10-12/h5-6,8,10-11,13-14H,4,7,9,15H2,1-3H3. The highest BCUT2D eigenvalue weighted by atomic mass is 32.2. The fourth-order valence-corrected chi connectivity index (χ4v) is 3.29. The predicted octanol–water partition coefficient (Wildman–Crippen LogP) is 3.64. The molecule has 3 heteroatoms. The minimum atomic E-state index is 0.219. The molecule has 2 N–H and O–H groups in total. The summed E-state index contributed by atoms with van der Waals surface area (Å²) in [4.78, 5) is 4.20. The van der Waals surface area contributed by atoms with Crippen LogP contribution in [0.3, 0.4) is 0 Å². The molecule has 0 aliphatic rings. The lowest BCUT2D eigenvalue weighted by Crippen LogP contribution is -2.26. The van der Waals surface area contributed by atoms with Gasteiger partial charge in [-0.1, -0.05) is 26.8 Å². The molecule has 1 rings (SSSR count). The van der Waals surface area contributed by atoms with Gasteiger partial charge in [-0.2, -0.15) is 11.8 Å². The van der Waals surface area contributed by atoms with E-state index < -0.39 is 0 Å². The lowest BCUT2D eigenvalue weighted by atomic mass is 10.1. The highest BCUT2D eigenvalue weighted by Crippen LogP contribution is 2.33. The Morgan fingerprint density at radius 2 is 2.18 bits per heavy atom. The zero-order valence-electron chi connectivity index (χ0n) is 11.1. The maximum Gasteiger partial charge on any atom is 0.0463 e. The smallest absolute Gasteiger partial charge is 0.0463 e. The van der Waals surface area contributed by atoms with Crippen molar-refractivity contribution in [2.75, 3.05) is 5.75 Å². The lowest BCUT2D eigenvalue weighted by Gasteiger charge is -2.23. The van der Waals surface area contributed by atoms with E-state index in [9.17, 15) is 0 Å². The van der Waals surface area contributed by atoms with Crippen molar-refractivity contribution in [2.45, 2.75) is 44.9 Å². The number of nitrogens with two attached hydrogens (primary N) is 1. The first kappa shape index (κ1) is 14.5. The van der Waals surface area contributed by atoms with Gasteiger partial charge in [0, 0.05) is 23.7 Å². The van der Waals surface area contributed by atoms with E-state index in [-0.39, 0.29) is 6.04 Å². The fourth-order valence-electron chi connectivity index (χ4n) is 1.66. The van der Waals surface area contributed by atoms with Crippen LogP contribution in [0.5, 0.6) is 0 Å². The molecule has 96 valence electrons. The van der Waals surface area contributed by atoms with Crippen molar-refractivity contribution in [3.05, 3.63) is 30.1 Å². The van der Waals surface area contributed by atoms with Crippen LogP contribution in [0.1, 0.15) is 44.4 Å². The summed E-state index contributed by atoms with van der Waals surface area (Å²) in [5, 5.41) is 0.382. The van der Waals surface area contributed by atoms with Gasteiger partial charge in [0.1, 0.15) is 0 Å². The molecule has 0 spiro atoms. The van der Waals surface area contributed by atoms with E-state index in [1.807, 2.05) is 30.2 Å². The molecule has 0 fully saturated rings. The molecule has 2 nitrogen and oxygen atoms in total. The topological polar surface area (TPSA) is 38.9 Å². The summed E-state index contributed by atoms with van der Waals surface area (Å²) < 4.78 is 0. The number of nitrogens with zero attached hydrogens (tertiary/aromatic N) is 1. The molecule has 0 saturated heterocycles. The Morgan fingerprint density at radius 3 is 2.71 bits per heavy atom. The third-order valence-corrected chi connectivity index (χ3v) is 4.32. The van der Waals surface area contributed by atoms with E-state index in [1.165, 1.54) is 17.7 Å². The van der Waals surface area contributed by atoms with E-state index in [4.69, 9.17) is 5.73 Å². The van der Waals surface area contributed by atoms with Crippen LogP contribution in [0.4, 0.5) is 0 Å². The molecular weight excluding hydrogens is 228 g/mol. The number of aromatic nitrogens is 1. The summed E-state index contributed by atoms with van der Waals surface area (Å²) in [6.45, 7) is 6.68. The van der Waals surface area contributed by atoms with E-state index in [0.29, 0.717) is 5.25 Å². The fraction of sp³-hybridized carbons (Fsp3) is 0.643. The predicted molar refractivity (Wildman–Crippen MR) is 77.2 cm³/mol. The first-order valence-electron chi connectivity index (χ1n) is 6.42. The van der Waals surface area contributed by atoms with Crippen LogP contribution in [-0.4, -0.2) is 16.8 Å². The van der Waals surface area contributed by atoms with Crippen LogP contribution in [0, 0.1) is 5.92 Å². The van der Waals surface area contributed by atoms with Crippen molar-refractivity contribution in [1.82, 2.24) is 4.98 Å². The normalized spacial score (nSPS) is 14.9. The Balaban J connectivity index is 2.61. The number of thioether (sulfide) groups is 1. The molecule has 0 amide bonds. The molecule has 0 aliphatic carbocycles. The number of pyridine rings is 1. The second kappa shape index (κ2) is 7.72. The Hall–Kier alpha value is -0.540. The number of hydrogen-bond donors (Lipinski definition) is 1. The maximum absolute atomic E-state index is 6.22. The van der Waals surface area contributed by atoms with Crippen LogP contribution in [0.2, 0.25) is 0 Å². The molecule has 0 radical (unpaired) electrons. The molecule has 1 heterocycles. The molecule has 0 aromatic carbocycles. The Labute approximate surface area is 109 Å². The van der Waals surface area contributed by atoms with Crippen molar-refractivity contribution in [1.29, 1.82) is 0 Å². The van der Waals surface area contributed by atoms with Crippen LogP contribution < -0.4 is 5.73 Å². The molecule has 0 aliphatic heterocycles. The van der Waals surface area contributed by atoms with Gasteiger partial charge in [-0.3, -0.25) is 4.98 Å². The molecule has 0 bridgehead atoms. The lowest BCUT2D eigenvalue weighted by molar-refractivity contribution is 0.617. The summed E-state index contributed by atoms with van der Waals surface area (Å²) in [5.41, 5.74) is 7.48. The van der Waals surface area contributed by atoms with Gasteiger partial charge in [-0.25, -0.2) is 0 Å². The van der Waals surface area contributed by atoms with Gasteiger partial charge < -0.3 is 5.73 Å². The van der Waals surface area contributed by atoms with Gasteiger partial charge >= 0.3 is 0 Å². The van der Waals surface area contributed by atoms with E-state index in [2.05, 4.69) is 31.8 Å². The van der Waals surface area contributed by atoms with Crippen molar-refractivity contribution in [3.63, 3.8) is 0 Å². The van der Waals surface area contributed by atoms with Crippen molar-refractivity contribution in [2.24, 2.45) is 11.7 Å². The van der Waals surface area contributed by atoms with Crippen LogP contribution >= 0.6 is 11.8 Å². The molecule has 1 aromatic rings. The van der Waals surface area contributed by atoms with Crippen molar-refractivity contribution in [3.8, 4) is 0 Å². The third-order valence-electron chi connectivity index (χ3n) is 2.87. The summed E-state index contributed by atoms with van der Waals surface area (Å²) in [7, 11) is 0. The minimum absolute atomic E-state index is 0.219. The van der Waals surface area contributed by atoms with Gasteiger partial charge in [0.05, 0.1) is 0 Å². The van der Waals surface area contributed by atoms with Crippen molar-refractivity contribution < 1.29 is 0 Å². The van der Waals surface area contributed by atoms with Crippen molar-refractivity contribution >= 4 is 11.8 Å². The average Bonchev–Trinajstić information content (AvgIpc) is 2.34. The molecule has 2 atom stereocenters. The largest absolute Gasteiger partial charge is 0.326 e. The third kappa shape index (κ3) is 5.09. The van der Waals surface area contributed by atoms with Crippen LogP contribution in [-0.2, 0) is 0 Å². The maximum atomic E-state index is 6.22. The van der Waals surface area contributed by atoms with E-state index in [0.717, 1.165) is 12.3 Å². The monoisotopic (exact) mass is 252 g/mol. The molecule has 2 unspecified atom stereocenters. The number of rotatable bonds is 7. The number of hydrogen-bond acceptors (Lipinski definition) is 3. The zero-order chi connectivity index (χ0) is 12.7. The van der Waals surface area contributed by atoms with Gasteiger partial charge in [-0.15, -0.1) is 0 Å². The Morgan fingerprint density at radius 1 is 1.41 bits per heavy atom. The summed E-state index contributed by atoms with van der Waals surface area (Å²) in [5.74, 6) is 1.93. The quantitative estimate of drug-likeness (QED) is 0.805. The van der Waals surface area contributed by atoms with E-state index in [1.54, 1.807) is 0 Å². The molecular formula is C14H24N2S. The van der Waals surface area contributed by atoms with Gasteiger partial charge in [0.25, 0.3) is 0 Å². The summed E-state index contributed by atoms with van der Waals surface area (Å²) in [6.07, 6.45) is 6.02. The molecule has 0 saturated carbocycles. The van der Waals surface area contributed by atoms with E-state index >= 15 is 0 Å². The first-order chi connectivity index (χ1) is 8.15. The Kier molecular flexibility index (Phi) is 6.60. The average molecular weight is 252 g/mol. The SMILES string of the molecule is CCC(N)C(SCCC(C)C)c1cccnc1. The van der Waals surface area contributed by atoms with Gasteiger partial charge in [-0.05, 0) is 36.1 Å². The first-order valence-corrected chi connectivity index (χ1v) is 7.47. The highest BCUT2D eigenvalue weighted by Gasteiger charge is 2.18. The van der Waals surface area contributed by atoms with Gasteiger partial charge in [0.2, 0.25) is 0 Å². The zero-order valence-corrected chi connectivity index (χ0v) is 11.9. The minimum Gasteiger partial charge on any atom is -0.326 e. The highest BCUT2D eigenvalue weighted by molar-refractivity contribution is 7.99. The second-order valence-corrected chi connectivity index (χ2v) is 6.08. The molecule has 17 heavy (non-hydrogen) atoms. The van der Waals surface area contributed by atoms with Crippen LogP contribution in [0.25, 0.3) is 0 Å². The summed E-state index contributed by atoms with van der Waals surface area (Å²) >= 11 is 1.97. The van der Waals surface area contributed by atoms with Gasteiger partial charge in [0.15, 0.2) is 0 Å². The summed E-state index contributed by atoms with van der Waals surface area (Å²) in [6, 6.07) is 4.35. The second-order valence-electron chi connectivity index (χ2n) is 4.83. The Bertz CT molecular complexity index is 300. The molecule has 1 aromatic heterocycles.